The Balaban J connectivity index is 1.41. The van der Waals surface area contributed by atoms with E-state index in [9.17, 15) is 4.79 Å². The van der Waals surface area contributed by atoms with E-state index in [-0.39, 0.29) is 5.91 Å². The predicted molar refractivity (Wildman–Crippen MR) is 82.0 cm³/mol. The third-order valence-corrected chi connectivity index (χ3v) is 4.85. The predicted octanol–water partition coefficient (Wildman–Crippen LogP) is 2.21. The molecule has 3 heterocycles. The maximum Gasteiger partial charge on any atom is 0.222 e. The van der Waals surface area contributed by atoms with E-state index < -0.39 is 0 Å². The zero-order valence-corrected chi connectivity index (χ0v) is 12.8. The van der Waals surface area contributed by atoms with Crippen LogP contribution in [0.3, 0.4) is 0 Å². The normalized spacial score (nSPS) is 16.3. The first-order valence-corrected chi connectivity index (χ1v) is 8.33. The molecule has 0 N–H and O–H groups in total. The number of rotatable bonds is 5. The van der Waals surface area contributed by atoms with Gasteiger partial charge in [0.05, 0.1) is 5.01 Å². The molecule has 3 rings (SSSR count). The second kappa shape index (κ2) is 6.85. The molecular weight excluding hydrogens is 284 g/mol. The standard InChI is InChI=1S/C15H20N4OS/c20-15(3-2-14-16-7-11-21-14)18-9-4-13(5-10-18)12-19-8-1-6-17-19/h1,6-8,11,13H,2-5,9-10,12H2. The number of nitrogens with zero attached hydrogens (tertiary/aromatic N) is 4. The molecule has 0 unspecified atom stereocenters. The number of piperidine rings is 1. The molecule has 0 spiro atoms. The average Bonchev–Trinajstić information content (AvgIpc) is 3.19. The van der Waals surface area contributed by atoms with Crippen LogP contribution in [0.25, 0.3) is 0 Å². The summed E-state index contributed by atoms with van der Waals surface area (Å²) in [7, 11) is 0. The fraction of sp³-hybridized carbons (Fsp3) is 0.533. The molecule has 2 aromatic rings. The Hall–Kier alpha value is -1.69. The summed E-state index contributed by atoms with van der Waals surface area (Å²) in [6, 6.07) is 1.96. The van der Waals surface area contributed by atoms with Crippen LogP contribution in [0.1, 0.15) is 24.3 Å². The highest BCUT2D eigenvalue weighted by Gasteiger charge is 2.22. The van der Waals surface area contributed by atoms with Gasteiger partial charge in [-0.2, -0.15) is 5.10 Å². The number of hydrogen-bond donors (Lipinski definition) is 0. The molecule has 0 saturated carbocycles. The summed E-state index contributed by atoms with van der Waals surface area (Å²) in [4.78, 5) is 18.4. The Bertz CT molecular complexity index is 544. The van der Waals surface area contributed by atoms with Gasteiger partial charge in [-0.25, -0.2) is 4.98 Å². The molecule has 112 valence electrons. The van der Waals surface area contributed by atoms with Crippen molar-refractivity contribution in [2.75, 3.05) is 13.1 Å². The molecule has 1 fully saturated rings. The first-order valence-electron chi connectivity index (χ1n) is 7.45. The molecule has 21 heavy (non-hydrogen) atoms. The molecular formula is C15H20N4OS. The molecule has 6 heteroatoms. The Kier molecular flexibility index (Phi) is 4.65. The summed E-state index contributed by atoms with van der Waals surface area (Å²) < 4.78 is 1.99. The van der Waals surface area contributed by atoms with Crippen molar-refractivity contribution in [3.63, 3.8) is 0 Å². The summed E-state index contributed by atoms with van der Waals surface area (Å²) in [6.07, 6.45) is 9.11. The number of likely N-dealkylation sites (tertiary alicyclic amines) is 1. The van der Waals surface area contributed by atoms with Crippen molar-refractivity contribution in [1.82, 2.24) is 19.7 Å². The van der Waals surface area contributed by atoms with Crippen molar-refractivity contribution in [3.05, 3.63) is 35.0 Å². The second-order valence-corrected chi connectivity index (χ2v) is 6.46. The number of carbonyl (C=O) groups is 1. The summed E-state index contributed by atoms with van der Waals surface area (Å²) >= 11 is 1.62. The Morgan fingerprint density at radius 3 is 2.86 bits per heavy atom. The van der Waals surface area contributed by atoms with Gasteiger partial charge in [-0.1, -0.05) is 0 Å². The quantitative estimate of drug-likeness (QED) is 0.851. The number of aromatic nitrogens is 3. The molecule has 1 aliphatic heterocycles. The van der Waals surface area contributed by atoms with Crippen molar-refractivity contribution in [3.8, 4) is 0 Å². The fourth-order valence-corrected chi connectivity index (χ4v) is 3.41. The van der Waals surface area contributed by atoms with Gasteiger partial charge in [0.1, 0.15) is 0 Å². The van der Waals surface area contributed by atoms with Crippen LogP contribution in [0, 0.1) is 5.92 Å². The summed E-state index contributed by atoms with van der Waals surface area (Å²) in [6.45, 7) is 2.72. The van der Waals surface area contributed by atoms with E-state index in [0.29, 0.717) is 12.3 Å². The van der Waals surface area contributed by atoms with E-state index in [1.807, 2.05) is 33.4 Å². The van der Waals surface area contributed by atoms with E-state index in [0.717, 1.165) is 43.9 Å². The molecule has 0 aromatic carbocycles. The van der Waals surface area contributed by atoms with Gasteiger partial charge in [-0.05, 0) is 24.8 Å². The Morgan fingerprint density at radius 1 is 1.33 bits per heavy atom. The van der Waals surface area contributed by atoms with Gasteiger partial charge in [-0.15, -0.1) is 11.3 Å². The highest BCUT2D eigenvalue weighted by Crippen LogP contribution is 2.20. The highest BCUT2D eigenvalue weighted by molar-refractivity contribution is 7.09. The number of carbonyl (C=O) groups excluding carboxylic acids is 1. The number of hydrogen-bond acceptors (Lipinski definition) is 4. The van der Waals surface area contributed by atoms with Gasteiger partial charge in [0, 0.05) is 56.4 Å². The largest absolute Gasteiger partial charge is 0.343 e. The molecule has 2 aromatic heterocycles. The maximum atomic E-state index is 12.2. The average molecular weight is 304 g/mol. The molecule has 0 atom stereocenters. The second-order valence-electron chi connectivity index (χ2n) is 5.48. The van der Waals surface area contributed by atoms with Gasteiger partial charge in [-0.3, -0.25) is 9.48 Å². The van der Waals surface area contributed by atoms with Crippen LogP contribution in [0.4, 0.5) is 0 Å². The number of aryl methyl sites for hydroxylation is 1. The van der Waals surface area contributed by atoms with Crippen LogP contribution < -0.4 is 0 Å². The minimum atomic E-state index is 0.266. The number of amides is 1. The summed E-state index contributed by atoms with van der Waals surface area (Å²) in [5.41, 5.74) is 0. The van der Waals surface area contributed by atoms with E-state index in [1.165, 1.54) is 0 Å². The van der Waals surface area contributed by atoms with Gasteiger partial charge in [0.25, 0.3) is 0 Å². The SMILES string of the molecule is O=C(CCc1nccs1)N1CCC(Cn2cccn2)CC1. The van der Waals surface area contributed by atoms with Crippen LogP contribution in [0.15, 0.2) is 30.0 Å². The van der Waals surface area contributed by atoms with Gasteiger partial charge in [0.2, 0.25) is 5.91 Å². The van der Waals surface area contributed by atoms with Crippen LogP contribution in [0.5, 0.6) is 0 Å². The van der Waals surface area contributed by atoms with Crippen molar-refractivity contribution in [1.29, 1.82) is 0 Å². The fourth-order valence-electron chi connectivity index (χ4n) is 2.79. The van der Waals surface area contributed by atoms with Crippen molar-refractivity contribution >= 4 is 17.2 Å². The van der Waals surface area contributed by atoms with Gasteiger partial charge < -0.3 is 4.90 Å². The number of thiazole rings is 1. The first kappa shape index (κ1) is 14.3. The topological polar surface area (TPSA) is 51.0 Å². The molecule has 0 aliphatic carbocycles. The first-order chi connectivity index (χ1) is 10.3. The third-order valence-electron chi connectivity index (χ3n) is 4.01. The van der Waals surface area contributed by atoms with Crippen LogP contribution in [-0.2, 0) is 17.8 Å². The smallest absolute Gasteiger partial charge is 0.222 e. The van der Waals surface area contributed by atoms with E-state index in [4.69, 9.17) is 0 Å². The lowest BCUT2D eigenvalue weighted by Gasteiger charge is -2.32. The van der Waals surface area contributed by atoms with Crippen LogP contribution in [0.2, 0.25) is 0 Å². The Morgan fingerprint density at radius 2 is 2.19 bits per heavy atom. The van der Waals surface area contributed by atoms with E-state index in [2.05, 4.69) is 10.1 Å². The highest BCUT2D eigenvalue weighted by atomic mass is 32.1. The monoisotopic (exact) mass is 304 g/mol. The van der Waals surface area contributed by atoms with Crippen molar-refractivity contribution in [2.45, 2.75) is 32.2 Å². The van der Waals surface area contributed by atoms with Crippen LogP contribution >= 0.6 is 11.3 Å². The molecule has 1 aliphatic rings. The van der Waals surface area contributed by atoms with E-state index in [1.54, 1.807) is 17.5 Å². The van der Waals surface area contributed by atoms with Crippen LogP contribution in [-0.4, -0.2) is 38.7 Å². The molecule has 1 saturated heterocycles. The summed E-state index contributed by atoms with van der Waals surface area (Å²) in [5.74, 6) is 0.899. The minimum Gasteiger partial charge on any atom is -0.343 e. The minimum absolute atomic E-state index is 0.266. The lowest BCUT2D eigenvalue weighted by molar-refractivity contribution is -0.132. The third kappa shape index (κ3) is 3.91. The molecule has 0 bridgehead atoms. The lowest BCUT2D eigenvalue weighted by Crippen LogP contribution is -2.39. The van der Waals surface area contributed by atoms with Gasteiger partial charge >= 0.3 is 0 Å². The molecule has 5 nitrogen and oxygen atoms in total. The lowest BCUT2D eigenvalue weighted by atomic mass is 9.96. The van der Waals surface area contributed by atoms with E-state index >= 15 is 0 Å². The van der Waals surface area contributed by atoms with Crippen molar-refractivity contribution < 1.29 is 4.79 Å². The molecule has 0 radical (unpaired) electrons. The zero-order chi connectivity index (χ0) is 14.5. The van der Waals surface area contributed by atoms with Crippen molar-refractivity contribution in [2.24, 2.45) is 5.92 Å². The maximum absolute atomic E-state index is 12.2. The van der Waals surface area contributed by atoms with Gasteiger partial charge in [0.15, 0.2) is 0 Å². The summed E-state index contributed by atoms with van der Waals surface area (Å²) in [5, 5.41) is 7.26. The Labute approximate surface area is 128 Å². The zero-order valence-electron chi connectivity index (χ0n) is 12.0. The molecule has 1 amide bonds.